The summed E-state index contributed by atoms with van der Waals surface area (Å²) in [6.45, 7) is 6.43. The normalized spacial score (nSPS) is 13.8. The van der Waals surface area contributed by atoms with Gasteiger partial charge in [-0.3, -0.25) is 9.97 Å². The van der Waals surface area contributed by atoms with Gasteiger partial charge in [-0.2, -0.15) is 0 Å². The van der Waals surface area contributed by atoms with Gasteiger partial charge >= 0.3 is 0 Å². The van der Waals surface area contributed by atoms with Crippen molar-refractivity contribution in [2.75, 3.05) is 0 Å². The second-order valence-electron chi connectivity index (χ2n) is 5.48. The van der Waals surface area contributed by atoms with Gasteiger partial charge in [0, 0.05) is 18.9 Å². The number of benzene rings is 1. The van der Waals surface area contributed by atoms with Crippen LogP contribution in [0.5, 0.6) is 0 Å². The lowest BCUT2D eigenvalue weighted by Crippen LogP contribution is -2.15. The predicted molar refractivity (Wildman–Crippen MR) is 99.7 cm³/mol. The number of aromatic nitrogens is 2. The van der Waals surface area contributed by atoms with Crippen LogP contribution in [-0.4, -0.2) is 15.1 Å². The molecule has 0 unspecified atom stereocenters. The fraction of sp³-hybridized carbons (Fsp3) is 0.263. The lowest BCUT2D eigenvalue weighted by Gasteiger charge is -2.11. The quantitative estimate of drug-likeness (QED) is 0.573. The lowest BCUT2D eigenvalue weighted by atomic mass is 10.1. The molecule has 0 fully saturated rings. The molecule has 0 radical (unpaired) electrons. The predicted octanol–water partition coefficient (Wildman–Crippen LogP) is 4.99. The van der Waals surface area contributed by atoms with E-state index in [1.165, 1.54) is 0 Å². The molecule has 2 rings (SSSR count). The molecule has 0 amide bonds. The topological polar surface area (TPSA) is 58.0 Å². The minimum Gasteiger partial charge on any atom is -0.504 e. The van der Waals surface area contributed by atoms with E-state index in [1.807, 2.05) is 39.0 Å². The number of halogens is 1. The molecule has 24 heavy (non-hydrogen) atoms. The van der Waals surface area contributed by atoms with E-state index in [4.69, 9.17) is 11.6 Å². The van der Waals surface area contributed by atoms with Crippen molar-refractivity contribution in [1.29, 1.82) is 0 Å². The van der Waals surface area contributed by atoms with Crippen LogP contribution in [0.3, 0.4) is 0 Å². The summed E-state index contributed by atoms with van der Waals surface area (Å²) in [5.74, 6) is 0.0487. The molecular formula is C19H22ClN3O. The van der Waals surface area contributed by atoms with Gasteiger partial charge in [-0.25, -0.2) is 0 Å². The SMILES string of the molecule is C\C=C(NCc1ccc2nccnc2c1)/C(O)=C(Cl)\C=C(/C)CC. The molecule has 126 valence electrons. The summed E-state index contributed by atoms with van der Waals surface area (Å²) in [4.78, 5) is 8.56. The maximum atomic E-state index is 10.3. The first kappa shape index (κ1) is 18.0. The van der Waals surface area contributed by atoms with Crippen LogP contribution < -0.4 is 5.32 Å². The smallest absolute Gasteiger partial charge is 0.157 e. The Labute approximate surface area is 147 Å². The van der Waals surface area contributed by atoms with Crippen molar-refractivity contribution in [3.05, 3.63) is 70.4 Å². The Hall–Kier alpha value is -2.33. The molecule has 0 saturated heterocycles. The van der Waals surface area contributed by atoms with Gasteiger partial charge in [0.05, 0.1) is 21.8 Å². The maximum absolute atomic E-state index is 10.3. The Morgan fingerprint density at radius 3 is 2.62 bits per heavy atom. The zero-order chi connectivity index (χ0) is 17.5. The minimum absolute atomic E-state index is 0.0487. The molecule has 0 aliphatic heterocycles. The number of hydrogen-bond donors (Lipinski definition) is 2. The van der Waals surface area contributed by atoms with E-state index in [-0.39, 0.29) is 5.76 Å². The standard InChI is InChI=1S/C19H22ClN3O/c1-4-13(3)10-15(20)19(24)16(5-2)23-12-14-6-7-17-18(11-14)22-9-8-21-17/h5-11,23-24H,4,12H2,1-3H3/b13-10+,16-5+,19-15-. The van der Waals surface area contributed by atoms with E-state index in [9.17, 15) is 5.11 Å². The number of hydrogen-bond acceptors (Lipinski definition) is 4. The van der Waals surface area contributed by atoms with E-state index >= 15 is 0 Å². The molecular weight excluding hydrogens is 322 g/mol. The molecule has 0 aliphatic rings. The van der Waals surface area contributed by atoms with Crippen LogP contribution in [0.2, 0.25) is 0 Å². The summed E-state index contributed by atoms with van der Waals surface area (Å²) in [5.41, 5.74) is 4.46. The van der Waals surface area contributed by atoms with E-state index in [0.29, 0.717) is 17.3 Å². The van der Waals surface area contributed by atoms with E-state index in [2.05, 4.69) is 15.3 Å². The first-order chi connectivity index (χ1) is 11.5. The van der Waals surface area contributed by atoms with Crippen molar-refractivity contribution in [3.63, 3.8) is 0 Å². The number of nitrogens with one attached hydrogen (secondary N) is 1. The third-order valence-corrected chi connectivity index (χ3v) is 4.01. The van der Waals surface area contributed by atoms with Gasteiger partial charge in [0.1, 0.15) is 0 Å². The monoisotopic (exact) mass is 343 g/mol. The van der Waals surface area contributed by atoms with Crippen LogP contribution in [-0.2, 0) is 6.54 Å². The number of aliphatic hydroxyl groups is 1. The Morgan fingerprint density at radius 2 is 1.96 bits per heavy atom. The van der Waals surface area contributed by atoms with Crippen molar-refractivity contribution in [3.8, 4) is 0 Å². The fourth-order valence-corrected chi connectivity index (χ4v) is 2.44. The average Bonchev–Trinajstić information content (AvgIpc) is 2.61. The van der Waals surface area contributed by atoms with E-state index < -0.39 is 0 Å². The minimum atomic E-state index is 0.0487. The van der Waals surface area contributed by atoms with Gasteiger partial charge in [-0.05, 0) is 44.0 Å². The molecule has 2 aromatic rings. The molecule has 5 heteroatoms. The van der Waals surface area contributed by atoms with Gasteiger partial charge in [0.2, 0.25) is 0 Å². The van der Waals surface area contributed by atoms with Crippen LogP contribution in [0.25, 0.3) is 11.0 Å². The Bertz CT molecular complexity index is 809. The molecule has 2 N–H and O–H groups in total. The van der Waals surface area contributed by atoms with Crippen molar-refractivity contribution in [2.45, 2.75) is 33.7 Å². The highest BCUT2D eigenvalue weighted by Gasteiger charge is 2.07. The Kier molecular flexibility index (Phi) is 6.38. The van der Waals surface area contributed by atoms with Crippen molar-refractivity contribution >= 4 is 22.6 Å². The third-order valence-electron chi connectivity index (χ3n) is 3.72. The highest BCUT2D eigenvalue weighted by atomic mass is 35.5. The third kappa shape index (κ3) is 4.59. The highest BCUT2D eigenvalue weighted by Crippen LogP contribution is 2.18. The summed E-state index contributed by atoms with van der Waals surface area (Å²) in [6, 6.07) is 5.90. The van der Waals surface area contributed by atoms with Crippen molar-refractivity contribution in [2.24, 2.45) is 0 Å². The molecule has 0 atom stereocenters. The van der Waals surface area contributed by atoms with Gasteiger partial charge in [0.15, 0.2) is 5.76 Å². The van der Waals surface area contributed by atoms with Crippen LogP contribution >= 0.6 is 11.6 Å². The van der Waals surface area contributed by atoms with Crippen molar-refractivity contribution in [1.82, 2.24) is 15.3 Å². The van der Waals surface area contributed by atoms with Crippen molar-refractivity contribution < 1.29 is 5.11 Å². The van der Waals surface area contributed by atoms with Gasteiger partial charge in [-0.1, -0.05) is 36.2 Å². The second-order valence-corrected chi connectivity index (χ2v) is 5.88. The first-order valence-electron chi connectivity index (χ1n) is 7.91. The first-order valence-corrected chi connectivity index (χ1v) is 8.29. The average molecular weight is 344 g/mol. The second kappa shape index (κ2) is 8.50. The zero-order valence-electron chi connectivity index (χ0n) is 14.2. The molecule has 0 bridgehead atoms. The fourth-order valence-electron chi connectivity index (χ4n) is 2.15. The largest absolute Gasteiger partial charge is 0.504 e. The number of fused-ring (bicyclic) bond motifs is 1. The molecule has 1 heterocycles. The molecule has 4 nitrogen and oxygen atoms in total. The van der Waals surface area contributed by atoms with Crippen LogP contribution in [0, 0.1) is 0 Å². The summed E-state index contributed by atoms with van der Waals surface area (Å²) in [7, 11) is 0. The lowest BCUT2D eigenvalue weighted by molar-refractivity contribution is 0.411. The van der Waals surface area contributed by atoms with E-state index in [1.54, 1.807) is 24.5 Å². The molecule has 1 aromatic carbocycles. The van der Waals surface area contributed by atoms with Gasteiger partial charge in [0.25, 0.3) is 0 Å². The number of nitrogens with zero attached hydrogens (tertiary/aromatic N) is 2. The van der Waals surface area contributed by atoms with Crippen LogP contribution in [0.15, 0.2) is 64.8 Å². The summed E-state index contributed by atoms with van der Waals surface area (Å²) < 4.78 is 0. The van der Waals surface area contributed by atoms with Crippen LogP contribution in [0.1, 0.15) is 32.8 Å². The number of allylic oxidation sites excluding steroid dienone is 4. The van der Waals surface area contributed by atoms with E-state index in [0.717, 1.165) is 28.6 Å². The maximum Gasteiger partial charge on any atom is 0.157 e. The number of aliphatic hydroxyl groups excluding tert-OH is 1. The Balaban J connectivity index is 2.14. The molecule has 1 aromatic heterocycles. The summed E-state index contributed by atoms with van der Waals surface area (Å²) in [5, 5.41) is 13.9. The Morgan fingerprint density at radius 1 is 1.25 bits per heavy atom. The van der Waals surface area contributed by atoms with Gasteiger partial charge < -0.3 is 10.4 Å². The highest BCUT2D eigenvalue weighted by molar-refractivity contribution is 6.31. The number of rotatable bonds is 6. The summed E-state index contributed by atoms with van der Waals surface area (Å²) >= 11 is 6.19. The molecule has 0 saturated carbocycles. The van der Waals surface area contributed by atoms with Crippen LogP contribution in [0.4, 0.5) is 0 Å². The summed E-state index contributed by atoms with van der Waals surface area (Å²) in [6.07, 6.45) is 7.82. The molecule has 0 aliphatic carbocycles. The van der Waals surface area contributed by atoms with Gasteiger partial charge in [-0.15, -0.1) is 0 Å². The molecule has 0 spiro atoms. The zero-order valence-corrected chi connectivity index (χ0v) is 14.9.